The quantitative estimate of drug-likeness (QED) is 0.608. The molecule has 1 aromatic heterocycles. The Morgan fingerprint density at radius 3 is 2.58 bits per heavy atom. The van der Waals surface area contributed by atoms with Crippen LogP contribution >= 0.6 is 11.3 Å². The largest absolute Gasteiger partial charge is 0.461 e. The number of hydrogen-bond acceptors (Lipinski definition) is 7. The van der Waals surface area contributed by atoms with Crippen LogP contribution in [0.4, 0.5) is 22.7 Å². The number of ether oxygens (including phenoxy) is 1. The Morgan fingerprint density at radius 2 is 2.08 bits per heavy atom. The first kappa shape index (κ1) is 20.6. The van der Waals surface area contributed by atoms with E-state index >= 15 is 0 Å². The van der Waals surface area contributed by atoms with Crippen molar-refractivity contribution in [1.82, 2.24) is 4.98 Å². The summed E-state index contributed by atoms with van der Waals surface area (Å²) in [7, 11) is 0. The SMILES string of the molecule is CCOC(=O)c1csc(N2N=C(C(C)(C)C)C[C@]2(O)C(F)(F)C(F)F)n1. The molecule has 0 radical (unpaired) electrons. The fourth-order valence-electron chi connectivity index (χ4n) is 2.26. The molecule has 26 heavy (non-hydrogen) atoms. The summed E-state index contributed by atoms with van der Waals surface area (Å²) in [4.78, 5) is 15.5. The minimum Gasteiger partial charge on any atom is -0.461 e. The van der Waals surface area contributed by atoms with Gasteiger partial charge >= 0.3 is 18.3 Å². The Bertz CT molecular complexity index is 717. The summed E-state index contributed by atoms with van der Waals surface area (Å²) in [6.45, 7) is 6.62. The predicted molar refractivity (Wildman–Crippen MR) is 88.0 cm³/mol. The molecule has 1 aliphatic rings. The number of carbonyl (C=O) groups excluding carboxylic acids is 1. The van der Waals surface area contributed by atoms with E-state index in [1.165, 1.54) is 5.38 Å². The van der Waals surface area contributed by atoms with Crippen molar-refractivity contribution in [3.05, 3.63) is 11.1 Å². The molecule has 0 amide bonds. The van der Waals surface area contributed by atoms with Crippen molar-refractivity contribution >= 4 is 28.1 Å². The summed E-state index contributed by atoms with van der Waals surface area (Å²) in [6.07, 6.45) is -4.91. The summed E-state index contributed by atoms with van der Waals surface area (Å²) in [6, 6.07) is 0. The molecule has 0 unspecified atom stereocenters. The number of aromatic nitrogens is 1. The van der Waals surface area contributed by atoms with Gasteiger partial charge in [-0.3, -0.25) is 0 Å². The molecule has 2 rings (SSSR count). The third kappa shape index (κ3) is 3.41. The van der Waals surface area contributed by atoms with E-state index in [1.54, 1.807) is 27.7 Å². The predicted octanol–water partition coefficient (Wildman–Crippen LogP) is 3.52. The molecule has 0 aromatic carbocycles. The number of hydrazone groups is 1. The molecule has 1 atom stereocenters. The van der Waals surface area contributed by atoms with Crippen LogP contribution in [0.3, 0.4) is 0 Å². The second-order valence-electron chi connectivity index (χ2n) is 6.76. The zero-order chi connectivity index (χ0) is 19.9. The highest BCUT2D eigenvalue weighted by molar-refractivity contribution is 7.14. The van der Waals surface area contributed by atoms with Crippen molar-refractivity contribution in [2.75, 3.05) is 11.6 Å². The van der Waals surface area contributed by atoms with E-state index in [0.29, 0.717) is 16.3 Å². The van der Waals surface area contributed by atoms with Crippen LogP contribution in [0.5, 0.6) is 0 Å². The van der Waals surface area contributed by atoms with E-state index in [4.69, 9.17) is 4.74 Å². The number of nitrogens with zero attached hydrogens (tertiary/aromatic N) is 3. The van der Waals surface area contributed by atoms with Gasteiger partial charge in [-0.2, -0.15) is 13.9 Å². The lowest BCUT2D eigenvalue weighted by Crippen LogP contribution is -2.60. The average molecular weight is 397 g/mol. The van der Waals surface area contributed by atoms with Gasteiger partial charge in [0.05, 0.1) is 6.61 Å². The molecular formula is C15H19F4N3O3S. The molecule has 1 aromatic rings. The third-order valence-electron chi connectivity index (χ3n) is 3.82. The van der Waals surface area contributed by atoms with Gasteiger partial charge in [-0.1, -0.05) is 20.8 Å². The van der Waals surface area contributed by atoms with E-state index < -0.39 is 35.9 Å². The lowest BCUT2D eigenvalue weighted by atomic mass is 9.84. The minimum absolute atomic E-state index is 0.0785. The first-order valence-corrected chi connectivity index (χ1v) is 8.61. The highest BCUT2D eigenvalue weighted by Gasteiger charge is 2.67. The van der Waals surface area contributed by atoms with Gasteiger partial charge < -0.3 is 9.84 Å². The Labute approximate surface area is 151 Å². The average Bonchev–Trinajstić information content (AvgIpc) is 3.11. The van der Waals surface area contributed by atoms with Crippen LogP contribution < -0.4 is 5.01 Å². The molecule has 1 aliphatic heterocycles. The first-order valence-electron chi connectivity index (χ1n) is 7.73. The molecule has 1 N–H and O–H groups in total. The Hall–Kier alpha value is -1.75. The fourth-order valence-corrected chi connectivity index (χ4v) is 3.07. The third-order valence-corrected chi connectivity index (χ3v) is 4.63. The zero-order valence-electron chi connectivity index (χ0n) is 14.6. The number of esters is 1. The van der Waals surface area contributed by atoms with Gasteiger partial charge in [0, 0.05) is 22.9 Å². The molecule has 0 saturated heterocycles. The maximum Gasteiger partial charge on any atom is 0.357 e. The van der Waals surface area contributed by atoms with Crippen molar-refractivity contribution in [2.45, 2.75) is 52.2 Å². The smallest absolute Gasteiger partial charge is 0.357 e. The van der Waals surface area contributed by atoms with Crippen molar-refractivity contribution in [1.29, 1.82) is 0 Å². The van der Waals surface area contributed by atoms with Crippen LogP contribution in [-0.2, 0) is 4.74 Å². The van der Waals surface area contributed by atoms with E-state index in [0.717, 1.165) is 0 Å². The van der Waals surface area contributed by atoms with E-state index in [-0.39, 0.29) is 23.1 Å². The summed E-state index contributed by atoms with van der Waals surface area (Å²) in [5, 5.41) is 15.7. The first-order chi connectivity index (χ1) is 11.8. The molecule has 11 heteroatoms. The molecule has 2 heterocycles. The molecule has 0 saturated carbocycles. The highest BCUT2D eigenvalue weighted by atomic mass is 32.1. The zero-order valence-corrected chi connectivity index (χ0v) is 15.4. The maximum absolute atomic E-state index is 14.2. The van der Waals surface area contributed by atoms with Crippen molar-refractivity contribution in [2.24, 2.45) is 10.5 Å². The van der Waals surface area contributed by atoms with Crippen LogP contribution in [0.15, 0.2) is 10.5 Å². The van der Waals surface area contributed by atoms with Gasteiger partial charge in [-0.05, 0) is 6.92 Å². The van der Waals surface area contributed by atoms with Gasteiger partial charge in [-0.15, -0.1) is 11.3 Å². The van der Waals surface area contributed by atoms with E-state index in [2.05, 4.69) is 10.1 Å². The maximum atomic E-state index is 14.2. The van der Waals surface area contributed by atoms with Crippen molar-refractivity contribution in [3.63, 3.8) is 0 Å². The number of thiazole rings is 1. The van der Waals surface area contributed by atoms with Gasteiger partial charge in [0.15, 0.2) is 5.69 Å². The molecule has 0 spiro atoms. The van der Waals surface area contributed by atoms with Crippen LogP contribution in [-0.4, -0.2) is 46.5 Å². The topological polar surface area (TPSA) is 75.0 Å². The number of alkyl halides is 4. The summed E-state index contributed by atoms with van der Waals surface area (Å²) >= 11 is 0.712. The number of hydrogen-bond donors (Lipinski definition) is 1. The molecule has 0 bridgehead atoms. The number of aliphatic hydroxyl groups is 1. The van der Waals surface area contributed by atoms with Crippen molar-refractivity contribution < 1.29 is 32.2 Å². The van der Waals surface area contributed by atoms with Crippen LogP contribution in [0.25, 0.3) is 0 Å². The summed E-state index contributed by atoms with van der Waals surface area (Å²) in [5.41, 5.74) is -4.13. The Kier molecular flexibility index (Phi) is 5.35. The Balaban J connectivity index is 2.50. The van der Waals surface area contributed by atoms with Crippen LogP contribution in [0, 0.1) is 5.41 Å². The number of carbonyl (C=O) groups is 1. The van der Waals surface area contributed by atoms with Crippen molar-refractivity contribution in [3.8, 4) is 0 Å². The second kappa shape index (κ2) is 6.76. The molecule has 6 nitrogen and oxygen atoms in total. The van der Waals surface area contributed by atoms with E-state index in [1.807, 2.05) is 0 Å². The Morgan fingerprint density at radius 1 is 1.46 bits per heavy atom. The molecule has 0 fully saturated rings. The van der Waals surface area contributed by atoms with Gasteiger partial charge in [0.2, 0.25) is 10.9 Å². The molecular weight excluding hydrogens is 378 g/mol. The monoisotopic (exact) mass is 397 g/mol. The van der Waals surface area contributed by atoms with Gasteiger partial charge in [-0.25, -0.2) is 23.6 Å². The highest BCUT2D eigenvalue weighted by Crippen LogP contribution is 2.47. The number of rotatable bonds is 5. The normalized spacial score (nSPS) is 21.3. The lowest BCUT2D eigenvalue weighted by molar-refractivity contribution is -0.237. The summed E-state index contributed by atoms with van der Waals surface area (Å²) in [5.74, 6) is -5.57. The standard InChI is InChI=1S/C15H19F4N3O3S/c1-5-25-10(23)8-7-26-12(20-8)22-14(24,15(18,19)11(16)17)6-9(21-22)13(2,3)4/h7,11,24H,5-6H2,1-4H3/t14-/m0/s1. The molecule has 0 aliphatic carbocycles. The molecule has 146 valence electrons. The number of anilines is 1. The minimum atomic E-state index is -4.78. The second-order valence-corrected chi connectivity index (χ2v) is 7.60. The van der Waals surface area contributed by atoms with Gasteiger partial charge in [0.25, 0.3) is 0 Å². The van der Waals surface area contributed by atoms with E-state index in [9.17, 15) is 27.5 Å². The van der Waals surface area contributed by atoms with Crippen LogP contribution in [0.1, 0.15) is 44.6 Å². The fraction of sp³-hybridized carbons (Fsp3) is 0.667. The summed E-state index contributed by atoms with van der Waals surface area (Å²) < 4.78 is 59.1. The van der Waals surface area contributed by atoms with Crippen LogP contribution in [0.2, 0.25) is 0 Å². The van der Waals surface area contributed by atoms with Gasteiger partial charge in [0.1, 0.15) is 0 Å². The lowest BCUT2D eigenvalue weighted by Gasteiger charge is -2.36. The number of halogens is 4.